The van der Waals surface area contributed by atoms with Crippen LogP contribution < -0.4 is 11.1 Å². The molecule has 0 saturated carbocycles. The molecule has 2 aromatic rings. The molecule has 2 amide bonds. The predicted octanol–water partition coefficient (Wildman–Crippen LogP) is 2.65. The van der Waals surface area contributed by atoms with Crippen molar-refractivity contribution in [2.45, 2.75) is 13.3 Å². The van der Waals surface area contributed by atoms with Crippen molar-refractivity contribution in [2.75, 3.05) is 37.4 Å². The zero-order valence-electron chi connectivity index (χ0n) is 15.2. The van der Waals surface area contributed by atoms with Gasteiger partial charge in [0.05, 0.1) is 19.6 Å². The molecule has 144 valence electrons. The Labute approximate surface area is 165 Å². The molecule has 1 aliphatic rings. The minimum absolute atomic E-state index is 0. The molecule has 1 fully saturated rings. The Morgan fingerprint density at radius 1 is 1.11 bits per heavy atom. The van der Waals surface area contributed by atoms with E-state index >= 15 is 0 Å². The number of nitrogens with two attached hydrogens (primary N) is 1. The number of morpholine rings is 1. The minimum atomic E-state index is -0.131. The Hall–Kier alpha value is -2.57. The summed E-state index contributed by atoms with van der Waals surface area (Å²) in [5.41, 5.74) is 9.25. The molecule has 1 aliphatic heterocycles. The molecule has 0 spiro atoms. The molecule has 2 aromatic carbocycles. The summed E-state index contributed by atoms with van der Waals surface area (Å²) in [5.74, 6) is -0.158. The lowest BCUT2D eigenvalue weighted by Crippen LogP contribution is -2.41. The second-order valence-corrected chi connectivity index (χ2v) is 6.35. The van der Waals surface area contributed by atoms with E-state index in [4.69, 9.17) is 10.5 Å². The van der Waals surface area contributed by atoms with Gasteiger partial charge in [-0.05, 0) is 42.3 Å². The highest BCUT2D eigenvalue weighted by Gasteiger charge is 2.21. The fraction of sp³-hybridized carbons (Fsp3) is 0.300. The maximum absolute atomic E-state index is 12.7. The Morgan fingerprint density at radius 3 is 2.44 bits per heavy atom. The van der Waals surface area contributed by atoms with Gasteiger partial charge in [-0.1, -0.05) is 18.2 Å². The first kappa shape index (κ1) is 20.7. The Balaban J connectivity index is 0.00000261. The van der Waals surface area contributed by atoms with Crippen LogP contribution in [0.1, 0.15) is 21.5 Å². The van der Waals surface area contributed by atoms with Gasteiger partial charge in [0.2, 0.25) is 5.91 Å². The van der Waals surface area contributed by atoms with Gasteiger partial charge in [0.1, 0.15) is 0 Å². The van der Waals surface area contributed by atoms with Crippen LogP contribution in [0.4, 0.5) is 11.4 Å². The molecule has 0 aromatic heterocycles. The van der Waals surface area contributed by atoms with Gasteiger partial charge in [-0.25, -0.2) is 0 Å². The standard InChI is InChI=1S/C20H23N3O3.ClH/c1-14-17(20(25)23-9-11-26-12-10-23)3-2-4-18(14)22-19(24)13-15-5-7-16(21)8-6-15;/h2-8H,9-13,21H2,1H3,(H,22,24);1H. The molecule has 1 saturated heterocycles. The number of hydrogen-bond donors (Lipinski definition) is 2. The first-order chi connectivity index (χ1) is 12.5. The zero-order valence-corrected chi connectivity index (χ0v) is 16.1. The van der Waals surface area contributed by atoms with Gasteiger partial charge in [0.15, 0.2) is 0 Å². The number of ether oxygens (including phenoxy) is 1. The number of hydrogen-bond acceptors (Lipinski definition) is 4. The number of carbonyl (C=O) groups is 2. The summed E-state index contributed by atoms with van der Waals surface area (Å²) in [4.78, 5) is 26.9. The summed E-state index contributed by atoms with van der Waals surface area (Å²) in [6.07, 6.45) is 0.251. The zero-order chi connectivity index (χ0) is 18.5. The van der Waals surface area contributed by atoms with Gasteiger partial charge in [0, 0.05) is 30.0 Å². The second kappa shape index (κ2) is 9.39. The Morgan fingerprint density at radius 2 is 1.78 bits per heavy atom. The van der Waals surface area contributed by atoms with Gasteiger partial charge in [-0.15, -0.1) is 12.4 Å². The van der Waals surface area contributed by atoms with Crippen molar-refractivity contribution >= 4 is 35.6 Å². The number of amides is 2. The van der Waals surface area contributed by atoms with E-state index in [1.807, 2.05) is 25.1 Å². The van der Waals surface area contributed by atoms with E-state index in [-0.39, 0.29) is 30.6 Å². The predicted molar refractivity (Wildman–Crippen MR) is 108 cm³/mol. The number of anilines is 2. The fourth-order valence-corrected chi connectivity index (χ4v) is 2.95. The van der Waals surface area contributed by atoms with Crippen LogP contribution in [0.3, 0.4) is 0 Å². The maximum Gasteiger partial charge on any atom is 0.254 e. The summed E-state index contributed by atoms with van der Waals surface area (Å²) in [6.45, 7) is 4.15. The van der Waals surface area contributed by atoms with Crippen LogP contribution in [0.5, 0.6) is 0 Å². The van der Waals surface area contributed by atoms with Crippen LogP contribution in [0.25, 0.3) is 0 Å². The van der Waals surface area contributed by atoms with Crippen molar-refractivity contribution in [3.63, 3.8) is 0 Å². The SMILES string of the molecule is Cc1c(NC(=O)Cc2ccc(N)cc2)cccc1C(=O)N1CCOCC1.Cl. The quantitative estimate of drug-likeness (QED) is 0.787. The minimum Gasteiger partial charge on any atom is -0.399 e. The molecule has 27 heavy (non-hydrogen) atoms. The molecular weight excluding hydrogens is 366 g/mol. The highest BCUT2D eigenvalue weighted by Crippen LogP contribution is 2.21. The summed E-state index contributed by atoms with van der Waals surface area (Å²) in [7, 11) is 0. The molecule has 0 unspecified atom stereocenters. The van der Waals surface area contributed by atoms with Crippen molar-refractivity contribution in [3.05, 3.63) is 59.2 Å². The lowest BCUT2D eigenvalue weighted by molar-refractivity contribution is -0.115. The molecule has 6 nitrogen and oxygen atoms in total. The van der Waals surface area contributed by atoms with E-state index in [1.54, 1.807) is 29.2 Å². The summed E-state index contributed by atoms with van der Waals surface area (Å²) >= 11 is 0. The monoisotopic (exact) mass is 389 g/mol. The van der Waals surface area contributed by atoms with E-state index in [9.17, 15) is 9.59 Å². The van der Waals surface area contributed by atoms with Crippen molar-refractivity contribution < 1.29 is 14.3 Å². The average molecular weight is 390 g/mol. The van der Waals surface area contributed by atoms with E-state index < -0.39 is 0 Å². The number of nitrogens with zero attached hydrogens (tertiary/aromatic N) is 1. The van der Waals surface area contributed by atoms with Crippen LogP contribution in [-0.2, 0) is 16.0 Å². The van der Waals surface area contributed by atoms with E-state index in [0.29, 0.717) is 43.2 Å². The van der Waals surface area contributed by atoms with Crippen LogP contribution in [0, 0.1) is 6.92 Å². The molecule has 3 rings (SSSR count). The van der Waals surface area contributed by atoms with E-state index in [0.717, 1.165) is 11.1 Å². The number of rotatable bonds is 4. The van der Waals surface area contributed by atoms with Crippen molar-refractivity contribution in [1.82, 2.24) is 4.90 Å². The maximum atomic E-state index is 12.7. The summed E-state index contributed by atoms with van der Waals surface area (Å²) in [5, 5.41) is 2.91. The van der Waals surface area contributed by atoms with Crippen LogP contribution in [0.2, 0.25) is 0 Å². The van der Waals surface area contributed by atoms with Gasteiger partial charge in [-0.2, -0.15) is 0 Å². The molecule has 0 atom stereocenters. The molecule has 7 heteroatoms. The number of carbonyl (C=O) groups excluding carboxylic acids is 2. The Kier molecular flexibility index (Phi) is 7.21. The van der Waals surface area contributed by atoms with Crippen molar-refractivity contribution in [2.24, 2.45) is 0 Å². The first-order valence-electron chi connectivity index (χ1n) is 8.65. The largest absolute Gasteiger partial charge is 0.399 e. The van der Waals surface area contributed by atoms with E-state index in [2.05, 4.69) is 5.32 Å². The van der Waals surface area contributed by atoms with E-state index in [1.165, 1.54) is 0 Å². The summed E-state index contributed by atoms with van der Waals surface area (Å²) in [6, 6.07) is 12.6. The second-order valence-electron chi connectivity index (χ2n) is 6.35. The van der Waals surface area contributed by atoms with Gasteiger partial charge in [0.25, 0.3) is 5.91 Å². The van der Waals surface area contributed by atoms with Crippen molar-refractivity contribution in [1.29, 1.82) is 0 Å². The number of nitrogen functional groups attached to an aromatic ring is 1. The fourth-order valence-electron chi connectivity index (χ4n) is 2.95. The highest BCUT2D eigenvalue weighted by atomic mass is 35.5. The lowest BCUT2D eigenvalue weighted by atomic mass is 10.0. The Bertz CT molecular complexity index is 803. The number of halogens is 1. The van der Waals surface area contributed by atoms with Crippen LogP contribution >= 0.6 is 12.4 Å². The molecule has 0 aliphatic carbocycles. The summed E-state index contributed by atoms with van der Waals surface area (Å²) < 4.78 is 5.30. The lowest BCUT2D eigenvalue weighted by Gasteiger charge is -2.27. The smallest absolute Gasteiger partial charge is 0.254 e. The number of nitrogens with one attached hydrogen (secondary N) is 1. The van der Waals surface area contributed by atoms with Gasteiger partial charge >= 0.3 is 0 Å². The van der Waals surface area contributed by atoms with Crippen LogP contribution in [-0.4, -0.2) is 43.0 Å². The molecule has 3 N–H and O–H groups in total. The van der Waals surface area contributed by atoms with Crippen molar-refractivity contribution in [3.8, 4) is 0 Å². The highest BCUT2D eigenvalue weighted by molar-refractivity contribution is 5.99. The average Bonchev–Trinajstić information content (AvgIpc) is 2.65. The normalized spacial score (nSPS) is 13.6. The first-order valence-corrected chi connectivity index (χ1v) is 8.65. The van der Waals surface area contributed by atoms with Gasteiger partial charge < -0.3 is 20.7 Å². The molecule has 1 heterocycles. The third-order valence-corrected chi connectivity index (χ3v) is 4.48. The molecular formula is C20H24ClN3O3. The third-order valence-electron chi connectivity index (χ3n) is 4.48. The molecule has 0 radical (unpaired) electrons. The van der Waals surface area contributed by atoms with Crippen LogP contribution in [0.15, 0.2) is 42.5 Å². The third kappa shape index (κ3) is 5.21. The number of benzene rings is 2. The topological polar surface area (TPSA) is 84.7 Å². The van der Waals surface area contributed by atoms with Gasteiger partial charge in [-0.3, -0.25) is 9.59 Å². The molecule has 0 bridgehead atoms.